The van der Waals surface area contributed by atoms with Crippen LogP contribution in [0.2, 0.25) is 0 Å². The van der Waals surface area contributed by atoms with E-state index in [2.05, 4.69) is 9.97 Å². The van der Waals surface area contributed by atoms with Gasteiger partial charge in [0.15, 0.2) is 5.75 Å². The van der Waals surface area contributed by atoms with Crippen LogP contribution in [0.25, 0.3) is 10.9 Å². The van der Waals surface area contributed by atoms with Crippen molar-refractivity contribution >= 4 is 10.9 Å². The van der Waals surface area contributed by atoms with Gasteiger partial charge in [-0.15, -0.1) is 0 Å². The summed E-state index contributed by atoms with van der Waals surface area (Å²) in [6, 6.07) is 6.14. The standard InChI is InChI=1S/C17H16FN3O3/c1-10(12-6-15(24-2)16(18)19-7-12)21-9-20-14-4-3-11(8-22)5-13(14)17(21)23/h3-7,9-10,22H,8H2,1-2H3. The predicted molar refractivity (Wildman–Crippen MR) is 86.5 cm³/mol. The monoisotopic (exact) mass is 329 g/mol. The van der Waals surface area contributed by atoms with E-state index in [1.807, 2.05) is 0 Å². The van der Waals surface area contributed by atoms with Crippen molar-refractivity contribution < 1.29 is 14.2 Å². The molecule has 3 aromatic rings. The maximum Gasteiger partial charge on any atom is 0.261 e. The molecule has 1 N–H and O–H groups in total. The zero-order valence-corrected chi connectivity index (χ0v) is 13.2. The van der Waals surface area contributed by atoms with E-state index < -0.39 is 12.0 Å². The Balaban J connectivity index is 2.11. The van der Waals surface area contributed by atoms with E-state index in [0.29, 0.717) is 22.0 Å². The molecular formula is C17H16FN3O3. The van der Waals surface area contributed by atoms with Crippen LogP contribution in [0.1, 0.15) is 24.1 Å². The second-order valence-electron chi connectivity index (χ2n) is 5.40. The van der Waals surface area contributed by atoms with Gasteiger partial charge in [-0.25, -0.2) is 9.97 Å². The highest BCUT2D eigenvalue weighted by Crippen LogP contribution is 2.22. The van der Waals surface area contributed by atoms with E-state index in [0.717, 1.165) is 0 Å². The van der Waals surface area contributed by atoms with Crippen LogP contribution in [0.3, 0.4) is 0 Å². The molecule has 0 fully saturated rings. The van der Waals surface area contributed by atoms with Gasteiger partial charge in [0.05, 0.1) is 37.0 Å². The Hall–Kier alpha value is -2.80. The first-order valence-corrected chi connectivity index (χ1v) is 7.35. The summed E-state index contributed by atoms with van der Waals surface area (Å²) in [5.74, 6) is -0.686. The van der Waals surface area contributed by atoms with Crippen LogP contribution in [0.15, 0.2) is 41.6 Å². The summed E-state index contributed by atoms with van der Waals surface area (Å²) in [6.45, 7) is 1.64. The van der Waals surface area contributed by atoms with Gasteiger partial charge in [-0.1, -0.05) is 6.07 Å². The van der Waals surface area contributed by atoms with Gasteiger partial charge in [-0.3, -0.25) is 9.36 Å². The van der Waals surface area contributed by atoms with Crippen molar-refractivity contribution in [2.45, 2.75) is 19.6 Å². The van der Waals surface area contributed by atoms with Crippen LogP contribution < -0.4 is 10.3 Å². The average Bonchev–Trinajstić information content (AvgIpc) is 2.61. The summed E-state index contributed by atoms with van der Waals surface area (Å²) in [5, 5.41) is 9.66. The molecule has 3 rings (SSSR count). The van der Waals surface area contributed by atoms with Crippen LogP contribution in [-0.2, 0) is 6.61 Å². The van der Waals surface area contributed by atoms with E-state index in [1.165, 1.54) is 30.3 Å². The lowest BCUT2D eigenvalue weighted by atomic mass is 10.1. The fourth-order valence-electron chi connectivity index (χ4n) is 2.53. The lowest BCUT2D eigenvalue weighted by molar-refractivity contribution is 0.282. The summed E-state index contributed by atoms with van der Waals surface area (Å²) >= 11 is 0. The van der Waals surface area contributed by atoms with Crippen molar-refractivity contribution in [1.82, 2.24) is 14.5 Å². The molecule has 0 amide bonds. The first-order chi connectivity index (χ1) is 11.5. The van der Waals surface area contributed by atoms with Crippen LogP contribution in [-0.4, -0.2) is 26.8 Å². The molecule has 24 heavy (non-hydrogen) atoms. The number of nitrogens with zero attached hydrogens (tertiary/aromatic N) is 3. The molecule has 7 heteroatoms. The first kappa shape index (κ1) is 16.1. The number of aliphatic hydroxyl groups excluding tert-OH is 1. The highest BCUT2D eigenvalue weighted by atomic mass is 19.1. The lowest BCUT2D eigenvalue weighted by Crippen LogP contribution is -2.24. The van der Waals surface area contributed by atoms with Gasteiger partial charge in [0, 0.05) is 6.20 Å². The van der Waals surface area contributed by atoms with Gasteiger partial charge in [-0.05, 0) is 36.2 Å². The fourth-order valence-corrected chi connectivity index (χ4v) is 2.53. The van der Waals surface area contributed by atoms with Crippen molar-refractivity contribution in [1.29, 1.82) is 0 Å². The summed E-state index contributed by atoms with van der Waals surface area (Å²) in [6.07, 6.45) is 2.81. The van der Waals surface area contributed by atoms with Gasteiger partial charge >= 0.3 is 0 Å². The highest BCUT2D eigenvalue weighted by molar-refractivity contribution is 5.78. The SMILES string of the molecule is COc1cc(C(C)n2cnc3ccc(CO)cc3c2=O)cnc1F. The topological polar surface area (TPSA) is 77.2 Å². The lowest BCUT2D eigenvalue weighted by Gasteiger charge is -2.16. The number of halogens is 1. The maximum atomic E-state index is 13.5. The highest BCUT2D eigenvalue weighted by Gasteiger charge is 2.15. The molecule has 0 spiro atoms. The largest absolute Gasteiger partial charge is 0.492 e. The summed E-state index contributed by atoms with van der Waals surface area (Å²) in [4.78, 5) is 20.7. The van der Waals surface area contributed by atoms with Crippen molar-refractivity contribution in [2.75, 3.05) is 7.11 Å². The molecule has 0 bridgehead atoms. The van der Waals surface area contributed by atoms with Crippen LogP contribution in [0.5, 0.6) is 5.75 Å². The number of benzene rings is 1. The number of hydrogen-bond acceptors (Lipinski definition) is 5. The molecule has 0 saturated carbocycles. The number of aliphatic hydroxyl groups is 1. The summed E-state index contributed by atoms with van der Waals surface area (Å²) < 4.78 is 19.8. The predicted octanol–water partition coefficient (Wildman–Crippen LogP) is 2.04. The molecule has 6 nitrogen and oxygen atoms in total. The van der Waals surface area contributed by atoms with Gasteiger partial charge < -0.3 is 9.84 Å². The average molecular weight is 329 g/mol. The Bertz CT molecular complexity index is 955. The fraction of sp³-hybridized carbons (Fsp3) is 0.235. The second-order valence-corrected chi connectivity index (χ2v) is 5.40. The van der Waals surface area contributed by atoms with E-state index in [9.17, 15) is 14.3 Å². The van der Waals surface area contributed by atoms with E-state index >= 15 is 0 Å². The molecule has 2 heterocycles. The maximum absolute atomic E-state index is 13.5. The molecule has 0 aliphatic rings. The molecule has 0 aliphatic heterocycles. The van der Waals surface area contributed by atoms with Crippen molar-refractivity contribution in [3.63, 3.8) is 0 Å². The minimum atomic E-state index is -0.704. The Kier molecular flexibility index (Phi) is 4.26. The number of methoxy groups -OCH3 is 1. The second kappa shape index (κ2) is 6.37. The molecule has 124 valence electrons. The number of pyridine rings is 1. The first-order valence-electron chi connectivity index (χ1n) is 7.35. The van der Waals surface area contributed by atoms with Gasteiger partial charge in [0.25, 0.3) is 11.5 Å². The minimum absolute atomic E-state index is 0.0173. The Morgan fingerprint density at radius 3 is 2.83 bits per heavy atom. The molecule has 0 aliphatic carbocycles. The Labute approximate surface area is 137 Å². The van der Waals surface area contributed by atoms with Crippen LogP contribution in [0, 0.1) is 5.95 Å². The third-order valence-electron chi connectivity index (χ3n) is 3.98. The van der Waals surface area contributed by atoms with E-state index in [-0.39, 0.29) is 17.9 Å². The van der Waals surface area contributed by atoms with E-state index in [1.54, 1.807) is 25.1 Å². The van der Waals surface area contributed by atoms with Crippen LogP contribution in [0.4, 0.5) is 4.39 Å². The number of rotatable bonds is 4. The summed E-state index contributed by atoms with van der Waals surface area (Å²) in [5.41, 5.74) is 1.56. The molecule has 1 atom stereocenters. The molecule has 1 aromatic carbocycles. The van der Waals surface area contributed by atoms with Gasteiger partial charge in [-0.2, -0.15) is 4.39 Å². The van der Waals surface area contributed by atoms with Gasteiger partial charge in [0.1, 0.15) is 0 Å². The van der Waals surface area contributed by atoms with Gasteiger partial charge in [0.2, 0.25) is 0 Å². The number of hydrogen-bond donors (Lipinski definition) is 1. The summed E-state index contributed by atoms with van der Waals surface area (Å²) in [7, 11) is 1.36. The molecule has 0 radical (unpaired) electrons. The zero-order valence-electron chi connectivity index (χ0n) is 13.2. The molecule has 1 unspecified atom stereocenters. The molecular weight excluding hydrogens is 313 g/mol. The number of ether oxygens (including phenoxy) is 1. The third-order valence-corrected chi connectivity index (χ3v) is 3.98. The Morgan fingerprint density at radius 2 is 2.12 bits per heavy atom. The smallest absolute Gasteiger partial charge is 0.261 e. The zero-order chi connectivity index (χ0) is 17.3. The minimum Gasteiger partial charge on any atom is -0.492 e. The van der Waals surface area contributed by atoms with Crippen LogP contribution >= 0.6 is 0 Å². The quantitative estimate of drug-likeness (QED) is 0.741. The Morgan fingerprint density at radius 1 is 1.33 bits per heavy atom. The number of aromatic nitrogens is 3. The van der Waals surface area contributed by atoms with Crippen molar-refractivity contribution in [3.05, 3.63) is 64.2 Å². The number of fused-ring (bicyclic) bond motifs is 1. The molecule has 0 saturated heterocycles. The van der Waals surface area contributed by atoms with E-state index in [4.69, 9.17) is 4.74 Å². The third kappa shape index (κ3) is 2.74. The van der Waals surface area contributed by atoms with Crippen molar-refractivity contribution in [3.8, 4) is 5.75 Å². The molecule has 2 aromatic heterocycles. The van der Waals surface area contributed by atoms with Crippen molar-refractivity contribution in [2.24, 2.45) is 0 Å². The normalized spacial score (nSPS) is 12.3.